The summed E-state index contributed by atoms with van der Waals surface area (Å²) in [5.41, 5.74) is 1.68. The topological polar surface area (TPSA) is 88.4 Å². The van der Waals surface area contributed by atoms with Gasteiger partial charge in [0.25, 0.3) is 10.0 Å². The number of rotatable bonds is 5. The van der Waals surface area contributed by atoms with E-state index in [1.165, 1.54) is 0 Å². The second-order valence-electron chi connectivity index (χ2n) is 5.09. The highest BCUT2D eigenvalue weighted by atomic mass is 32.2. The minimum absolute atomic E-state index is 0.214. The summed E-state index contributed by atoms with van der Waals surface area (Å²) in [6.07, 6.45) is 3.76. The number of benzene rings is 1. The highest BCUT2D eigenvalue weighted by Crippen LogP contribution is 2.26. The van der Waals surface area contributed by atoms with Crippen LogP contribution in [0.25, 0.3) is 0 Å². The van der Waals surface area contributed by atoms with E-state index in [9.17, 15) is 8.42 Å². The van der Waals surface area contributed by atoms with Crippen LogP contribution in [0.2, 0.25) is 0 Å². The van der Waals surface area contributed by atoms with E-state index in [4.69, 9.17) is 0 Å². The molecular formula is C14H17N5O2S. The van der Waals surface area contributed by atoms with Crippen molar-refractivity contribution in [3.63, 3.8) is 0 Å². The number of anilines is 1. The average Bonchev–Trinajstić information content (AvgIpc) is 2.89. The van der Waals surface area contributed by atoms with Gasteiger partial charge in [-0.1, -0.05) is 12.1 Å². The molecule has 0 bridgehead atoms. The van der Waals surface area contributed by atoms with Gasteiger partial charge in [0, 0.05) is 12.7 Å². The van der Waals surface area contributed by atoms with Gasteiger partial charge in [-0.05, 0) is 24.6 Å². The van der Waals surface area contributed by atoms with E-state index in [-0.39, 0.29) is 4.90 Å². The molecule has 2 N–H and O–H groups in total. The number of sulfonamides is 1. The van der Waals surface area contributed by atoms with Crippen molar-refractivity contribution in [1.82, 2.24) is 15.1 Å². The summed E-state index contributed by atoms with van der Waals surface area (Å²) in [6.45, 7) is 3.72. The zero-order valence-electron chi connectivity index (χ0n) is 12.2. The van der Waals surface area contributed by atoms with E-state index in [1.807, 2.05) is 17.8 Å². The van der Waals surface area contributed by atoms with E-state index in [1.54, 1.807) is 30.5 Å². The minimum atomic E-state index is -3.61. The van der Waals surface area contributed by atoms with E-state index >= 15 is 0 Å². The third-order valence-corrected chi connectivity index (χ3v) is 4.62. The van der Waals surface area contributed by atoms with Gasteiger partial charge in [0.15, 0.2) is 0 Å². The van der Waals surface area contributed by atoms with E-state index in [0.717, 1.165) is 5.56 Å². The first-order valence-corrected chi connectivity index (χ1v) is 8.38. The maximum atomic E-state index is 12.1. The van der Waals surface area contributed by atoms with Crippen molar-refractivity contribution in [3.8, 4) is 0 Å². The zero-order valence-corrected chi connectivity index (χ0v) is 13.0. The number of amidine groups is 1. The Hall–Kier alpha value is -2.19. The van der Waals surface area contributed by atoms with Crippen LogP contribution in [-0.4, -0.2) is 37.1 Å². The van der Waals surface area contributed by atoms with Crippen LogP contribution in [0.5, 0.6) is 0 Å². The Bertz CT molecular complexity index is 810. The second-order valence-corrected chi connectivity index (χ2v) is 6.66. The fraction of sp³-hybridized carbons (Fsp3) is 0.286. The Kier molecular flexibility index (Phi) is 3.95. The molecule has 0 spiro atoms. The summed E-state index contributed by atoms with van der Waals surface area (Å²) in [7, 11) is -3.61. The van der Waals surface area contributed by atoms with Crippen molar-refractivity contribution >= 4 is 21.5 Å². The molecule has 0 fully saturated rings. The van der Waals surface area contributed by atoms with Crippen LogP contribution in [0, 0.1) is 6.92 Å². The number of nitrogens with one attached hydrogen (secondary N) is 2. The predicted octanol–water partition coefficient (Wildman–Crippen LogP) is 0.994. The number of nitrogens with zero attached hydrogens (tertiary/aromatic N) is 3. The largest absolute Gasteiger partial charge is 0.341 e. The van der Waals surface area contributed by atoms with Crippen LogP contribution in [0.15, 0.2) is 46.0 Å². The van der Waals surface area contributed by atoms with Gasteiger partial charge in [-0.3, -0.25) is 4.68 Å². The molecule has 3 rings (SSSR count). The average molecular weight is 319 g/mol. The van der Waals surface area contributed by atoms with Gasteiger partial charge in [0.1, 0.15) is 10.7 Å². The van der Waals surface area contributed by atoms with E-state index < -0.39 is 10.0 Å². The van der Waals surface area contributed by atoms with E-state index in [2.05, 4.69) is 20.1 Å². The second kappa shape index (κ2) is 5.90. The monoisotopic (exact) mass is 319 g/mol. The normalized spacial score (nSPS) is 15.8. The fourth-order valence-corrected chi connectivity index (χ4v) is 3.38. The molecule has 0 radical (unpaired) electrons. The van der Waals surface area contributed by atoms with Gasteiger partial charge < -0.3 is 10.6 Å². The summed E-state index contributed by atoms with van der Waals surface area (Å²) in [4.78, 5) is 0.214. The van der Waals surface area contributed by atoms with E-state index in [0.29, 0.717) is 31.2 Å². The lowest BCUT2D eigenvalue weighted by atomic mass is 10.3. The van der Waals surface area contributed by atoms with Crippen molar-refractivity contribution in [1.29, 1.82) is 0 Å². The molecule has 7 nitrogen and oxygen atoms in total. The molecule has 0 amide bonds. The third kappa shape index (κ3) is 3.18. The third-order valence-electron chi connectivity index (χ3n) is 3.25. The molecule has 0 aliphatic carbocycles. The fourth-order valence-electron chi connectivity index (χ4n) is 2.23. The van der Waals surface area contributed by atoms with Crippen LogP contribution >= 0.6 is 0 Å². The van der Waals surface area contributed by atoms with Crippen LogP contribution in [0.1, 0.15) is 5.56 Å². The molecule has 1 aromatic carbocycles. The molecule has 1 aliphatic rings. The summed E-state index contributed by atoms with van der Waals surface area (Å²) >= 11 is 0. The van der Waals surface area contributed by atoms with Crippen LogP contribution < -0.4 is 10.6 Å². The quantitative estimate of drug-likeness (QED) is 0.803. The molecular weight excluding hydrogens is 302 g/mol. The number of para-hydroxylation sites is 1. The van der Waals surface area contributed by atoms with Crippen molar-refractivity contribution < 1.29 is 8.42 Å². The molecule has 1 aromatic heterocycles. The summed E-state index contributed by atoms with van der Waals surface area (Å²) in [5, 5.41) is 10.4. The Morgan fingerprint density at radius 3 is 2.91 bits per heavy atom. The number of aryl methyl sites for hydroxylation is 1. The van der Waals surface area contributed by atoms with Crippen LogP contribution in [0.4, 0.5) is 5.69 Å². The maximum absolute atomic E-state index is 12.1. The number of aromatic nitrogens is 2. The van der Waals surface area contributed by atoms with Gasteiger partial charge in [0.05, 0.1) is 25.0 Å². The Balaban J connectivity index is 1.59. The smallest absolute Gasteiger partial charge is 0.286 e. The molecule has 116 valence electrons. The predicted molar refractivity (Wildman–Crippen MR) is 84.5 cm³/mol. The lowest BCUT2D eigenvalue weighted by Gasteiger charge is -2.18. The first-order chi connectivity index (χ1) is 10.5. The molecule has 0 saturated heterocycles. The molecule has 22 heavy (non-hydrogen) atoms. The Labute approximate surface area is 129 Å². The van der Waals surface area contributed by atoms with Crippen LogP contribution in [0.3, 0.4) is 0 Å². The Morgan fingerprint density at radius 1 is 1.32 bits per heavy atom. The van der Waals surface area contributed by atoms with Gasteiger partial charge >= 0.3 is 0 Å². The molecule has 2 aromatic rings. The minimum Gasteiger partial charge on any atom is -0.341 e. The summed E-state index contributed by atoms with van der Waals surface area (Å²) in [6, 6.07) is 6.75. The number of hydrogen-bond acceptors (Lipinski definition) is 5. The highest BCUT2D eigenvalue weighted by molar-refractivity contribution is 7.90. The summed E-state index contributed by atoms with van der Waals surface area (Å²) in [5.74, 6) is 0.398. The Morgan fingerprint density at radius 2 is 2.14 bits per heavy atom. The van der Waals surface area contributed by atoms with Crippen LogP contribution in [-0.2, 0) is 16.6 Å². The van der Waals surface area contributed by atoms with Gasteiger partial charge in [0.2, 0.25) is 0 Å². The number of fused-ring (bicyclic) bond motifs is 1. The lowest BCUT2D eigenvalue weighted by molar-refractivity contribution is 0.575. The standard InChI is InChI=1S/C14H17N5O2S/c1-11-8-16-19(10-11)7-6-15-9-14-17-12-4-2-3-5-13(12)22(20,21)18-14/h2-5,8,10,15H,6-7,9H2,1H3,(H,17,18). The highest BCUT2D eigenvalue weighted by Gasteiger charge is 2.23. The zero-order chi connectivity index (χ0) is 15.6. The SMILES string of the molecule is Cc1cnn(CCNCC2=NS(=O)(=O)c3ccccc3N2)c1. The molecule has 0 atom stereocenters. The lowest BCUT2D eigenvalue weighted by Crippen LogP contribution is -2.33. The summed E-state index contributed by atoms with van der Waals surface area (Å²) < 4.78 is 29.8. The number of hydrogen-bond donors (Lipinski definition) is 2. The van der Waals surface area contributed by atoms with Gasteiger partial charge in [-0.15, -0.1) is 4.40 Å². The molecule has 0 saturated carbocycles. The molecule has 2 heterocycles. The first kappa shape index (κ1) is 14.7. The first-order valence-electron chi connectivity index (χ1n) is 6.94. The van der Waals surface area contributed by atoms with Gasteiger partial charge in [-0.2, -0.15) is 13.5 Å². The van der Waals surface area contributed by atoms with Crippen molar-refractivity contribution in [3.05, 3.63) is 42.2 Å². The molecule has 0 unspecified atom stereocenters. The van der Waals surface area contributed by atoms with Gasteiger partial charge in [-0.25, -0.2) is 0 Å². The molecule has 8 heteroatoms. The van der Waals surface area contributed by atoms with Crippen molar-refractivity contribution in [2.75, 3.05) is 18.4 Å². The molecule has 1 aliphatic heterocycles. The van der Waals surface area contributed by atoms with Crippen molar-refractivity contribution in [2.24, 2.45) is 4.40 Å². The van der Waals surface area contributed by atoms with Crippen molar-refractivity contribution in [2.45, 2.75) is 18.4 Å². The maximum Gasteiger partial charge on any atom is 0.286 e.